The fraction of sp³-hybridized carbons (Fsp3) is 0.933. The summed E-state index contributed by atoms with van der Waals surface area (Å²) in [5, 5.41) is 9.14. The third kappa shape index (κ3) is 3.25. The van der Waals surface area contributed by atoms with E-state index >= 15 is 0 Å². The van der Waals surface area contributed by atoms with Gasteiger partial charge in [0.15, 0.2) is 0 Å². The van der Waals surface area contributed by atoms with Crippen LogP contribution in [0, 0.1) is 17.8 Å². The van der Waals surface area contributed by atoms with Crippen molar-refractivity contribution in [3.05, 3.63) is 0 Å². The van der Waals surface area contributed by atoms with Gasteiger partial charge >= 0.3 is 5.97 Å². The van der Waals surface area contributed by atoms with E-state index in [1.54, 1.807) is 0 Å². The Balaban J connectivity index is 1.84. The van der Waals surface area contributed by atoms with Crippen molar-refractivity contribution in [3.8, 4) is 0 Å². The number of nitrogens with zero attached hydrogens (tertiary/aromatic N) is 1. The smallest absolute Gasteiger partial charge is 0.307 e. The number of carboxylic acids is 1. The summed E-state index contributed by atoms with van der Waals surface area (Å²) in [7, 11) is 0. The van der Waals surface area contributed by atoms with Gasteiger partial charge in [-0.15, -0.1) is 0 Å². The molecule has 0 amide bonds. The molecule has 1 aliphatic carbocycles. The van der Waals surface area contributed by atoms with Crippen molar-refractivity contribution in [2.75, 3.05) is 13.1 Å². The zero-order valence-electron chi connectivity index (χ0n) is 11.8. The highest BCUT2D eigenvalue weighted by molar-refractivity contribution is 5.70. The zero-order chi connectivity index (χ0) is 13.1. The first-order chi connectivity index (χ1) is 8.58. The molecular weight excluding hydrogens is 226 g/mol. The molecule has 18 heavy (non-hydrogen) atoms. The van der Waals surface area contributed by atoms with Crippen molar-refractivity contribution in [1.82, 2.24) is 4.90 Å². The van der Waals surface area contributed by atoms with Gasteiger partial charge in [0.1, 0.15) is 0 Å². The fourth-order valence-corrected chi connectivity index (χ4v) is 3.67. The molecule has 1 atom stereocenters. The minimum atomic E-state index is -0.601. The van der Waals surface area contributed by atoms with E-state index in [2.05, 4.69) is 18.7 Å². The third-order valence-electron chi connectivity index (χ3n) is 5.00. The molecule has 0 aromatic carbocycles. The van der Waals surface area contributed by atoms with Crippen molar-refractivity contribution in [2.45, 2.75) is 58.4 Å². The molecule has 0 radical (unpaired) electrons. The van der Waals surface area contributed by atoms with Crippen LogP contribution in [0.5, 0.6) is 0 Å². The number of piperidine rings is 1. The highest BCUT2D eigenvalue weighted by Gasteiger charge is 2.32. The number of rotatable bonds is 3. The minimum absolute atomic E-state index is 0.124. The third-order valence-corrected chi connectivity index (χ3v) is 5.00. The lowest BCUT2D eigenvalue weighted by molar-refractivity contribution is -0.144. The average Bonchev–Trinajstić information content (AvgIpc) is 2.39. The van der Waals surface area contributed by atoms with Crippen LogP contribution in [0.3, 0.4) is 0 Å². The maximum Gasteiger partial charge on any atom is 0.307 e. The van der Waals surface area contributed by atoms with Gasteiger partial charge in [-0.1, -0.05) is 13.8 Å². The summed E-state index contributed by atoms with van der Waals surface area (Å²) < 4.78 is 0. The fourth-order valence-electron chi connectivity index (χ4n) is 3.67. The summed E-state index contributed by atoms with van der Waals surface area (Å²) >= 11 is 0. The normalized spacial score (nSPS) is 34.7. The van der Waals surface area contributed by atoms with Crippen molar-refractivity contribution < 1.29 is 9.90 Å². The Bertz CT molecular complexity index is 282. The van der Waals surface area contributed by atoms with E-state index in [1.807, 2.05) is 0 Å². The summed E-state index contributed by atoms with van der Waals surface area (Å²) in [5.41, 5.74) is 0. The monoisotopic (exact) mass is 253 g/mol. The summed E-state index contributed by atoms with van der Waals surface area (Å²) in [6.45, 7) is 6.55. The van der Waals surface area contributed by atoms with E-state index in [1.165, 1.54) is 25.7 Å². The van der Waals surface area contributed by atoms with Crippen LogP contribution >= 0.6 is 0 Å². The SMILES string of the molecule is CC(C)C1CCC(N2CCCC(C(=O)O)C2)CC1. The molecule has 1 saturated heterocycles. The van der Waals surface area contributed by atoms with Crippen molar-refractivity contribution in [1.29, 1.82) is 0 Å². The lowest BCUT2D eigenvalue weighted by Crippen LogP contribution is -2.46. The Morgan fingerprint density at radius 1 is 1.17 bits per heavy atom. The van der Waals surface area contributed by atoms with Crippen LogP contribution < -0.4 is 0 Å². The Hall–Kier alpha value is -0.570. The van der Waals surface area contributed by atoms with Crippen LogP contribution in [0.15, 0.2) is 0 Å². The second-order valence-corrected chi connectivity index (χ2v) is 6.48. The van der Waals surface area contributed by atoms with Gasteiger partial charge in [0.2, 0.25) is 0 Å². The highest BCUT2D eigenvalue weighted by atomic mass is 16.4. The molecule has 0 aromatic heterocycles. The van der Waals surface area contributed by atoms with E-state index in [4.69, 9.17) is 5.11 Å². The molecule has 1 heterocycles. The standard InChI is InChI=1S/C15H27NO2/c1-11(2)12-5-7-14(8-6-12)16-9-3-4-13(10-16)15(17)18/h11-14H,3-10H2,1-2H3,(H,17,18). The van der Waals surface area contributed by atoms with Gasteiger partial charge in [-0.05, 0) is 56.9 Å². The van der Waals surface area contributed by atoms with E-state index in [0.29, 0.717) is 6.04 Å². The van der Waals surface area contributed by atoms with E-state index in [-0.39, 0.29) is 5.92 Å². The number of likely N-dealkylation sites (tertiary alicyclic amines) is 1. The van der Waals surface area contributed by atoms with Gasteiger partial charge in [-0.2, -0.15) is 0 Å². The largest absolute Gasteiger partial charge is 0.481 e. The van der Waals surface area contributed by atoms with Crippen LogP contribution in [0.25, 0.3) is 0 Å². The van der Waals surface area contributed by atoms with Crippen molar-refractivity contribution >= 4 is 5.97 Å². The first-order valence-electron chi connectivity index (χ1n) is 7.54. The molecule has 2 fully saturated rings. The molecule has 0 aromatic rings. The molecule has 0 spiro atoms. The molecule has 2 aliphatic rings. The van der Waals surface area contributed by atoms with Gasteiger partial charge in [0, 0.05) is 12.6 Å². The molecule has 2 rings (SSSR count). The van der Waals surface area contributed by atoms with Crippen LogP contribution in [0.2, 0.25) is 0 Å². The quantitative estimate of drug-likeness (QED) is 0.840. The van der Waals surface area contributed by atoms with Crippen LogP contribution in [0.1, 0.15) is 52.4 Å². The van der Waals surface area contributed by atoms with Gasteiger partial charge in [0.25, 0.3) is 0 Å². The van der Waals surface area contributed by atoms with Crippen LogP contribution in [-0.4, -0.2) is 35.1 Å². The summed E-state index contributed by atoms with van der Waals surface area (Å²) in [4.78, 5) is 13.6. The number of carbonyl (C=O) groups is 1. The number of hydrogen-bond acceptors (Lipinski definition) is 2. The van der Waals surface area contributed by atoms with Crippen LogP contribution in [0.4, 0.5) is 0 Å². The average molecular weight is 253 g/mol. The topological polar surface area (TPSA) is 40.5 Å². The van der Waals surface area contributed by atoms with Crippen molar-refractivity contribution in [3.63, 3.8) is 0 Å². The molecule has 1 unspecified atom stereocenters. The Morgan fingerprint density at radius 2 is 1.83 bits per heavy atom. The van der Waals surface area contributed by atoms with E-state index in [9.17, 15) is 4.79 Å². The number of aliphatic carboxylic acids is 1. The van der Waals surface area contributed by atoms with Gasteiger partial charge < -0.3 is 5.11 Å². The molecule has 3 nitrogen and oxygen atoms in total. The molecule has 1 saturated carbocycles. The first-order valence-corrected chi connectivity index (χ1v) is 7.54. The zero-order valence-corrected chi connectivity index (χ0v) is 11.8. The predicted molar refractivity (Wildman–Crippen MR) is 72.5 cm³/mol. The minimum Gasteiger partial charge on any atom is -0.481 e. The van der Waals surface area contributed by atoms with Gasteiger partial charge in [0.05, 0.1) is 5.92 Å². The summed E-state index contributed by atoms with van der Waals surface area (Å²) in [5.74, 6) is 0.970. The van der Waals surface area contributed by atoms with E-state index in [0.717, 1.165) is 37.8 Å². The molecular formula is C15H27NO2. The van der Waals surface area contributed by atoms with E-state index < -0.39 is 5.97 Å². The summed E-state index contributed by atoms with van der Waals surface area (Å²) in [6, 6.07) is 0.655. The Morgan fingerprint density at radius 3 is 2.39 bits per heavy atom. The second-order valence-electron chi connectivity index (χ2n) is 6.48. The van der Waals surface area contributed by atoms with Gasteiger partial charge in [-0.25, -0.2) is 0 Å². The molecule has 1 N–H and O–H groups in total. The maximum atomic E-state index is 11.1. The van der Waals surface area contributed by atoms with Gasteiger partial charge in [-0.3, -0.25) is 9.69 Å². The van der Waals surface area contributed by atoms with Crippen molar-refractivity contribution in [2.24, 2.45) is 17.8 Å². The second kappa shape index (κ2) is 6.05. The number of hydrogen-bond donors (Lipinski definition) is 1. The lowest BCUT2D eigenvalue weighted by Gasteiger charge is -2.41. The number of carboxylic acid groups (broad SMARTS) is 1. The summed E-state index contributed by atoms with van der Waals surface area (Å²) in [6.07, 6.45) is 7.13. The van der Waals surface area contributed by atoms with Crippen LogP contribution in [-0.2, 0) is 4.79 Å². The maximum absolute atomic E-state index is 11.1. The molecule has 104 valence electrons. The highest BCUT2D eigenvalue weighted by Crippen LogP contribution is 2.33. The molecule has 0 bridgehead atoms. The first kappa shape index (κ1) is 13.9. The predicted octanol–water partition coefficient (Wildman–Crippen LogP) is 3.00. The molecule has 3 heteroatoms. The molecule has 1 aliphatic heterocycles. The lowest BCUT2D eigenvalue weighted by atomic mass is 9.78. The Labute approximate surface area is 111 Å². The Kier molecular flexibility index (Phi) is 4.66.